The predicted molar refractivity (Wildman–Crippen MR) is 130 cm³/mol. The number of halogens is 2. The van der Waals surface area contributed by atoms with E-state index in [-0.39, 0.29) is 17.8 Å². The fourth-order valence-electron chi connectivity index (χ4n) is 5.19. The minimum absolute atomic E-state index is 0.0763. The number of imidazole rings is 1. The average molecular weight is 486 g/mol. The van der Waals surface area contributed by atoms with E-state index in [4.69, 9.17) is 15.5 Å². The van der Waals surface area contributed by atoms with E-state index in [2.05, 4.69) is 19.9 Å². The molecule has 1 aliphatic heterocycles. The number of morpholine rings is 1. The van der Waals surface area contributed by atoms with Crippen molar-refractivity contribution in [3.05, 3.63) is 35.9 Å². The summed E-state index contributed by atoms with van der Waals surface area (Å²) in [6.45, 7) is 3.82. The van der Waals surface area contributed by atoms with E-state index in [1.165, 1.54) is 17.4 Å². The number of aryl methyl sites for hydroxylation is 1. The van der Waals surface area contributed by atoms with Crippen molar-refractivity contribution < 1.29 is 13.5 Å². The highest BCUT2D eigenvalue weighted by atomic mass is 19.3. The monoisotopic (exact) mass is 485 g/mol. The molecule has 1 aliphatic carbocycles. The zero-order valence-corrected chi connectivity index (χ0v) is 20.1. The van der Waals surface area contributed by atoms with Crippen molar-refractivity contribution in [2.45, 2.75) is 70.4 Å². The van der Waals surface area contributed by atoms with Crippen LogP contribution >= 0.6 is 0 Å². The number of anilines is 1. The molecule has 0 spiro atoms. The van der Waals surface area contributed by atoms with Crippen LogP contribution in [0, 0.1) is 5.92 Å². The van der Waals surface area contributed by atoms with Gasteiger partial charge in [0.05, 0.1) is 30.3 Å². The quantitative estimate of drug-likeness (QED) is 0.536. The first-order valence-electron chi connectivity index (χ1n) is 12.6. The van der Waals surface area contributed by atoms with E-state index in [1.54, 1.807) is 24.3 Å². The van der Waals surface area contributed by atoms with Gasteiger partial charge in [-0.05, 0) is 57.1 Å². The molecule has 1 atom stereocenters. The van der Waals surface area contributed by atoms with E-state index in [0.29, 0.717) is 60.9 Å². The maximum atomic E-state index is 14.0. The van der Waals surface area contributed by atoms with Gasteiger partial charge in [0.25, 0.3) is 6.43 Å². The molecule has 2 fully saturated rings. The van der Waals surface area contributed by atoms with E-state index < -0.39 is 6.43 Å². The highest BCUT2D eigenvalue weighted by Gasteiger charge is 2.26. The minimum atomic E-state index is -2.76. The van der Waals surface area contributed by atoms with Gasteiger partial charge in [0.2, 0.25) is 11.9 Å². The molecule has 0 amide bonds. The zero-order chi connectivity index (χ0) is 24.4. The van der Waals surface area contributed by atoms with Gasteiger partial charge in [-0.1, -0.05) is 18.6 Å². The molecule has 0 bridgehead atoms. The second-order valence-corrected chi connectivity index (χ2v) is 9.74. The molecule has 2 aromatic heterocycles. The third kappa shape index (κ3) is 5.28. The average Bonchev–Trinajstić information content (AvgIpc) is 3.26. The van der Waals surface area contributed by atoms with Crippen LogP contribution in [0.25, 0.3) is 17.0 Å². The Bertz CT molecular complexity index is 1150. The van der Waals surface area contributed by atoms with Crippen molar-refractivity contribution in [1.29, 1.82) is 0 Å². The van der Waals surface area contributed by atoms with Crippen molar-refractivity contribution in [2.75, 3.05) is 24.7 Å². The van der Waals surface area contributed by atoms with Crippen molar-refractivity contribution >= 4 is 17.0 Å². The summed E-state index contributed by atoms with van der Waals surface area (Å²) in [4.78, 5) is 20.4. The van der Waals surface area contributed by atoms with Crippen LogP contribution in [0.1, 0.15) is 63.5 Å². The number of fused-ring (bicyclic) bond motifs is 1. The first-order chi connectivity index (χ1) is 17.0. The zero-order valence-electron chi connectivity index (χ0n) is 20.1. The molecule has 188 valence electrons. The summed E-state index contributed by atoms with van der Waals surface area (Å²) in [6.07, 6.45) is 4.44. The van der Waals surface area contributed by atoms with Gasteiger partial charge in [-0.25, -0.2) is 13.8 Å². The van der Waals surface area contributed by atoms with E-state index in [0.717, 1.165) is 25.7 Å². The fourth-order valence-corrected chi connectivity index (χ4v) is 5.19. The summed E-state index contributed by atoms with van der Waals surface area (Å²) < 4.78 is 35.0. The Labute approximate surface area is 203 Å². The molecule has 1 aromatic carbocycles. The summed E-state index contributed by atoms with van der Waals surface area (Å²) in [5.74, 6) is 1.63. The van der Waals surface area contributed by atoms with Gasteiger partial charge in [-0.2, -0.15) is 15.0 Å². The molecule has 2 aliphatic rings. The molecule has 0 radical (unpaired) electrons. The van der Waals surface area contributed by atoms with Gasteiger partial charge < -0.3 is 15.4 Å². The van der Waals surface area contributed by atoms with Crippen LogP contribution in [0.2, 0.25) is 0 Å². The highest BCUT2D eigenvalue weighted by molar-refractivity contribution is 5.77. The summed E-state index contributed by atoms with van der Waals surface area (Å²) in [7, 11) is 0. The number of hydrogen-bond acceptors (Lipinski definition) is 7. The summed E-state index contributed by atoms with van der Waals surface area (Å²) >= 11 is 0. The molecule has 1 saturated carbocycles. The minimum Gasteiger partial charge on any atom is -0.377 e. The fraction of sp³-hybridized carbons (Fsp3) is 0.600. The number of aromatic nitrogens is 5. The second-order valence-electron chi connectivity index (χ2n) is 9.74. The van der Waals surface area contributed by atoms with E-state index >= 15 is 0 Å². The Kier molecular flexibility index (Phi) is 7.19. The van der Waals surface area contributed by atoms with Crippen molar-refractivity contribution in [3.8, 4) is 5.95 Å². The summed E-state index contributed by atoms with van der Waals surface area (Å²) in [6, 6.07) is 7.49. The molecule has 3 heterocycles. The lowest BCUT2D eigenvalue weighted by Gasteiger charge is -2.33. The van der Waals surface area contributed by atoms with Crippen molar-refractivity contribution in [1.82, 2.24) is 24.5 Å². The standard InChI is InChI=1S/C25H33F2N7O/c1-16-15-35-14-13-33(16)24-30-21(8-4-5-17-9-11-18(28)12-10-17)31-25(32-24)34-20-7-3-2-6-19(20)29-23(34)22(26)27/h2-3,6-7,16-18,22H,4-5,8-15,28H2,1H3/t16-,17?,18?/m1/s1. The Hall–Kier alpha value is -2.72. The molecule has 35 heavy (non-hydrogen) atoms. The lowest BCUT2D eigenvalue weighted by molar-refractivity contribution is 0.0980. The van der Waals surface area contributed by atoms with Crippen LogP contribution < -0.4 is 10.6 Å². The van der Waals surface area contributed by atoms with Crippen LogP contribution in [0.3, 0.4) is 0 Å². The first kappa shape index (κ1) is 24.0. The number of para-hydroxylation sites is 2. The molecule has 8 nitrogen and oxygen atoms in total. The summed E-state index contributed by atoms with van der Waals surface area (Å²) in [5, 5.41) is 0. The maximum Gasteiger partial charge on any atom is 0.296 e. The Morgan fingerprint density at radius 3 is 2.60 bits per heavy atom. The van der Waals surface area contributed by atoms with Crippen molar-refractivity contribution in [3.63, 3.8) is 0 Å². The third-order valence-corrected chi connectivity index (χ3v) is 7.17. The van der Waals surface area contributed by atoms with Gasteiger partial charge in [0.15, 0.2) is 5.82 Å². The normalized spacial score (nSPS) is 23.3. The molecular weight excluding hydrogens is 452 g/mol. The predicted octanol–water partition coefficient (Wildman–Crippen LogP) is 4.21. The Balaban J connectivity index is 1.48. The van der Waals surface area contributed by atoms with Crippen LogP contribution in [0.4, 0.5) is 14.7 Å². The maximum absolute atomic E-state index is 14.0. The van der Waals surface area contributed by atoms with Gasteiger partial charge in [0.1, 0.15) is 5.82 Å². The number of benzene rings is 1. The molecule has 2 N–H and O–H groups in total. The lowest BCUT2D eigenvalue weighted by atomic mass is 9.83. The molecule has 10 heteroatoms. The lowest BCUT2D eigenvalue weighted by Crippen LogP contribution is -2.44. The van der Waals surface area contributed by atoms with E-state index in [9.17, 15) is 8.78 Å². The SMILES string of the molecule is C[C@@H]1COCCN1c1nc(CCCC2CCC(N)CC2)nc(-n2c(C(F)F)nc3ccccc32)n1. The topological polar surface area (TPSA) is 95.0 Å². The molecule has 0 unspecified atom stereocenters. The number of hydrogen-bond donors (Lipinski definition) is 1. The van der Waals surface area contributed by atoms with E-state index in [1.807, 2.05) is 6.92 Å². The number of ether oxygens (including phenoxy) is 1. The van der Waals surface area contributed by atoms with Gasteiger partial charge in [-0.15, -0.1) is 0 Å². The van der Waals surface area contributed by atoms with Crippen LogP contribution in [0.15, 0.2) is 24.3 Å². The smallest absolute Gasteiger partial charge is 0.296 e. The number of nitrogens with two attached hydrogens (primary N) is 1. The summed E-state index contributed by atoms with van der Waals surface area (Å²) in [5.41, 5.74) is 7.09. The number of rotatable bonds is 7. The third-order valence-electron chi connectivity index (χ3n) is 7.17. The largest absolute Gasteiger partial charge is 0.377 e. The second kappa shape index (κ2) is 10.5. The van der Waals surface area contributed by atoms with Crippen molar-refractivity contribution in [2.24, 2.45) is 11.7 Å². The molecular formula is C25H33F2N7O. The first-order valence-corrected chi connectivity index (χ1v) is 12.6. The number of alkyl halides is 2. The Morgan fingerprint density at radius 1 is 1.06 bits per heavy atom. The van der Waals surface area contributed by atoms with Gasteiger partial charge in [0, 0.05) is 19.0 Å². The van der Waals surface area contributed by atoms with Gasteiger partial charge in [-0.3, -0.25) is 4.57 Å². The van der Waals surface area contributed by atoms with Crippen LogP contribution in [-0.4, -0.2) is 56.3 Å². The molecule has 3 aromatic rings. The molecule has 1 saturated heterocycles. The van der Waals surface area contributed by atoms with Crippen LogP contribution in [-0.2, 0) is 11.2 Å². The van der Waals surface area contributed by atoms with Gasteiger partial charge >= 0.3 is 0 Å². The highest BCUT2D eigenvalue weighted by Crippen LogP contribution is 2.29. The Morgan fingerprint density at radius 2 is 1.83 bits per heavy atom. The number of nitrogens with zero attached hydrogens (tertiary/aromatic N) is 6. The van der Waals surface area contributed by atoms with Crippen LogP contribution in [0.5, 0.6) is 0 Å². The molecule has 5 rings (SSSR count).